The number of carbonyl (C=O) groups is 1. The maximum atomic E-state index is 12.4. The lowest BCUT2D eigenvalue weighted by Gasteiger charge is -2.09. The van der Waals surface area contributed by atoms with Crippen LogP contribution in [0.3, 0.4) is 0 Å². The lowest BCUT2D eigenvalue weighted by Crippen LogP contribution is -2.41. The van der Waals surface area contributed by atoms with Crippen molar-refractivity contribution < 1.29 is 32.0 Å². The molecule has 2 aromatic carbocycles. The average molecular weight is 447 g/mol. The topological polar surface area (TPSA) is 150 Å². The fourth-order valence-electron chi connectivity index (χ4n) is 2.47. The molecule has 11 nitrogen and oxygen atoms in total. The molecule has 0 unspecified atom stereocenters. The zero-order valence-corrected chi connectivity index (χ0v) is 16.9. The van der Waals surface area contributed by atoms with E-state index in [-0.39, 0.29) is 18.1 Å². The number of nitrogens with one attached hydrogen (secondary N) is 2. The lowest BCUT2D eigenvalue weighted by atomic mass is 10.3. The summed E-state index contributed by atoms with van der Waals surface area (Å²) in [5.41, 5.74) is 1.25. The number of nitrogens with zero attached hydrogens (tertiary/aromatic N) is 1. The third kappa shape index (κ3) is 5.38. The Kier molecular flexibility index (Phi) is 6.52. The van der Waals surface area contributed by atoms with E-state index >= 15 is 0 Å². The van der Waals surface area contributed by atoms with Gasteiger partial charge in [0.2, 0.25) is 0 Å². The smallest absolute Gasteiger partial charge is 0.301 e. The molecule has 0 radical (unpaired) electrons. The minimum Gasteiger partial charge on any atom is -0.497 e. The first kappa shape index (κ1) is 21.8. The number of rotatable bonds is 9. The van der Waals surface area contributed by atoms with Gasteiger partial charge in [-0.3, -0.25) is 20.3 Å². The molecule has 0 saturated carbocycles. The monoisotopic (exact) mass is 447 g/mol. The van der Waals surface area contributed by atoms with Crippen LogP contribution in [0.4, 0.5) is 5.69 Å². The van der Waals surface area contributed by atoms with Crippen LogP contribution in [-0.4, -0.2) is 26.4 Å². The normalized spacial score (nSPS) is 11.0. The molecule has 0 fully saturated rings. The summed E-state index contributed by atoms with van der Waals surface area (Å²) < 4.78 is 40.6. The van der Waals surface area contributed by atoms with Crippen molar-refractivity contribution in [1.29, 1.82) is 0 Å². The molecule has 1 heterocycles. The van der Waals surface area contributed by atoms with Gasteiger partial charge in [0, 0.05) is 0 Å². The van der Waals surface area contributed by atoms with Crippen molar-refractivity contribution in [3.8, 4) is 11.5 Å². The van der Waals surface area contributed by atoms with Crippen LogP contribution in [-0.2, 0) is 16.6 Å². The number of nitro groups is 1. The number of nitro benzene ring substituents is 1. The predicted molar refractivity (Wildman–Crippen MR) is 107 cm³/mol. The minimum absolute atomic E-state index is 0.0566. The number of hydrazine groups is 1. The van der Waals surface area contributed by atoms with Crippen molar-refractivity contribution >= 4 is 21.6 Å². The van der Waals surface area contributed by atoms with Gasteiger partial charge in [0.25, 0.3) is 15.7 Å². The number of carbonyl (C=O) groups excluding carboxylic acids is 1. The Bertz CT molecular complexity index is 1190. The van der Waals surface area contributed by atoms with E-state index in [4.69, 9.17) is 13.9 Å². The van der Waals surface area contributed by atoms with Gasteiger partial charge in [-0.05, 0) is 36.4 Å². The zero-order valence-electron chi connectivity index (χ0n) is 16.1. The summed E-state index contributed by atoms with van der Waals surface area (Å²) in [7, 11) is -3.16. The second-order valence-corrected chi connectivity index (χ2v) is 7.67. The van der Waals surface area contributed by atoms with Crippen LogP contribution in [0.5, 0.6) is 11.5 Å². The Labute approximate surface area is 176 Å². The van der Waals surface area contributed by atoms with E-state index in [1.807, 2.05) is 16.3 Å². The molecule has 1 amide bonds. The molecular weight excluding hydrogens is 430 g/mol. The third-order valence-electron chi connectivity index (χ3n) is 3.96. The number of sulfonamides is 1. The highest BCUT2D eigenvalue weighted by Crippen LogP contribution is 2.28. The second-order valence-electron chi connectivity index (χ2n) is 6.02. The van der Waals surface area contributed by atoms with Gasteiger partial charge in [0.15, 0.2) is 10.7 Å². The minimum atomic E-state index is -4.45. The highest BCUT2D eigenvalue weighted by molar-refractivity contribution is 7.89. The number of hydrogen-bond acceptors (Lipinski definition) is 8. The first-order valence-corrected chi connectivity index (χ1v) is 10.2. The summed E-state index contributed by atoms with van der Waals surface area (Å²) >= 11 is 0. The van der Waals surface area contributed by atoms with E-state index < -0.39 is 31.4 Å². The number of methoxy groups -OCH3 is 1. The highest BCUT2D eigenvalue weighted by atomic mass is 32.2. The molecule has 3 rings (SSSR count). The van der Waals surface area contributed by atoms with Gasteiger partial charge in [-0.25, -0.2) is 8.42 Å². The van der Waals surface area contributed by atoms with Crippen molar-refractivity contribution in [3.05, 3.63) is 82.3 Å². The molecule has 1 aromatic heterocycles. The fraction of sp³-hybridized carbons (Fsp3) is 0.105. The van der Waals surface area contributed by atoms with Crippen LogP contribution >= 0.6 is 0 Å². The van der Waals surface area contributed by atoms with E-state index in [2.05, 4.69) is 0 Å². The fourth-order valence-corrected chi connectivity index (χ4v) is 3.47. The maximum Gasteiger partial charge on any atom is 0.301 e. The molecule has 3 aromatic rings. The second kappa shape index (κ2) is 9.28. The predicted octanol–water partition coefficient (Wildman–Crippen LogP) is 2.40. The van der Waals surface area contributed by atoms with Crippen LogP contribution in [0.15, 0.2) is 70.0 Å². The van der Waals surface area contributed by atoms with Crippen molar-refractivity contribution in [2.45, 2.75) is 11.5 Å². The molecule has 0 aliphatic heterocycles. The van der Waals surface area contributed by atoms with Crippen LogP contribution in [0.25, 0.3) is 0 Å². The van der Waals surface area contributed by atoms with Crippen molar-refractivity contribution in [2.75, 3.05) is 7.11 Å². The van der Waals surface area contributed by atoms with Crippen LogP contribution in [0.1, 0.15) is 16.3 Å². The summed E-state index contributed by atoms with van der Waals surface area (Å²) in [6.07, 6.45) is 0. The van der Waals surface area contributed by atoms with Gasteiger partial charge in [-0.15, -0.1) is 4.83 Å². The molecule has 12 heteroatoms. The number of furan rings is 1. The quantitative estimate of drug-likeness (QED) is 0.375. The number of amides is 1. The highest BCUT2D eigenvalue weighted by Gasteiger charge is 2.27. The summed E-state index contributed by atoms with van der Waals surface area (Å²) in [5, 5.41) is 11.2. The average Bonchev–Trinajstić information content (AvgIpc) is 3.25. The van der Waals surface area contributed by atoms with E-state index in [1.165, 1.54) is 25.3 Å². The summed E-state index contributed by atoms with van der Waals surface area (Å²) in [4.78, 5) is 23.7. The van der Waals surface area contributed by atoms with Crippen LogP contribution < -0.4 is 19.7 Å². The third-order valence-corrected chi connectivity index (χ3v) is 5.26. The molecule has 0 aliphatic rings. The first-order chi connectivity index (χ1) is 14.8. The maximum absolute atomic E-state index is 12.4. The molecule has 31 heavy (non-hydrogen) atoms. The zero-order chi connectivity index (χ0) is 22.4. The molecule has 0 saturated heterocycles. The molecule has 0 atom stereocenters. The van der Waals surface area contributed by atoms with Gasteiger partial charge in [-0.1, -0.05) is 18.2 Å². The molecule has 2 N–H and O–H groups in total. The Morgan fingerprint density at radius 1 is 1.10 bits per heavy atom. The Balaban J connectivity index is 1.65. The SMILES string of the molecule is COc1ccc(S(=O)(=O)NNC(=O)c2ccc(COc3ccccc3)o2)c([N+](=O)[O-])c1. The number of ether oxygens (including phenoxy) is 2. The number of benzene rings is 2. The molecule has 162 valence electrons. The lowest BCUT2D eigenvalue weighted by molar-refractivity contribution is -0.387. The standard InChI is InChI=1S/C19H17N3O8S/c1-28-14-8-10-18(16(11-14)22(24)25)31(26,27)21-20-19(23)17-9-7-15(30-17)12-29-13-5-3-2-4-6-13/h2-11,21H,12H2,1H3,(H,20,23). The molecule has 0 spiro atoms. The van der Waals surface area contributed by atoms with Crippen molar-refractivity contribution in [1.82, 2.24) is 10.3 Å². The van der Waals surface area contributed by atoms with Crippen molar-refractivity contribution in [2.24, 2.45) is 0 Å². The molecular formula is C19H17N3O8S. The molecule has 0 bridgehead atoms. The van der Waals surface area contributed by atoms with Gasteiger partial charge in [0.05, 0.1) is 18.1 Å². The van der Waals surface area contributed by atoms with Gasteiger partial charge >= 0.3 is 5.91 Å². The summed E-state index contributed by atoms with van der Waals surface area (Å²) in [5.74, 6) is -0.0267. The Hall–Kier alpha value is -3.90. The Morgan fingerprint density at radius 2 is 1.84 bits per heavy atom. The first-order valence-electron chi connectivity index (χ1n) is 8.71. The van der Waals surface area contributed by atoms with Crippen LogP contribution in [0, 0.1) is 10.1 Å². The number of hydrogen-bond donors (Lipinski definition) is 2. The van der Waals surface area contributed by atoms with Gasteiger partial charge in [0.1, 0.15) is 23.9 Å². The van der Waals surface area contributed by atoms with Crippen molar-refractivity contribution in [3.63, 3.8) is 0 Å². The summed E-state index contributed by atoms with van der Waals surface area (Å²) in [6, 6.07) is 15.0. The van der Waals surface area contributed by atoms with Gasteiger partial charge in [-0.2, -0.15) is 0 Å². The van der Waals surface area contributed by atoms with Crippen LogP contribution in [0.2, 0.25) is 0 Å². The van der Waals surface area contributed by atoms with E-state index in [0.29, 0.717) is 11.5 Å². The Morgan fingerprint density at radius 3 is 2.52 bits per heavy atom. The number of para-hydroxylation sites is 1. The van der Waals surface area contributed by atoms with Gasteiger partial charge < -0.3 is 13.9 Å². The molecule has 0 aliphatic carbocycles. The van der Waals surface area contributed by atoms with E-state index in [1.54, 1.807) is 24.3 Å². The van der Waals surface area contributed by atoms with E-state index in [9.17, 15) is 23.3 Å². The largest absolute Gasteiger partial charge is 0.497 e. The van der Waals surface area contributed by atoms with E-state index in [0.717, 1.165) is 12.1 Å². The summed E-state index contributed by atoms with van der Waals surface area (Å²) in [6.45, 7) is 0.0566.